The van der Waals surface area contributed by atoms with Crippen molar-refractivity contribution in [3.63, 3.8) is 0 Å². The van der Waals surface area contributed by atoms with Crippen molar-refractivity contribution in [3.05, 3.63) is 449 Å². The van der Waals surface area contributed by atoms with Crippen molar-refractivity contribution in [2.45, 2.75) is 6.92 Å². The van der Waals surface area contributed by atoms with Crippen LogP contribution in [-0.4, -0.2) is 14.5 Å². The van der Waals surface area contributed by atoms with Gasteiger partial charge in [-0.3, -0.25) is 4.57 Å². The highest BCUT2D eigenvalue weighted by Crippen LogP contribution is 2.48. The van der Waals surface area contributed by atoms with Gasteiger partial charge in [0.2, 0.25) is 0 Å². The minimum Gasteiger partial charge on any atom is -0.292 e. The van der Waals surface area contributed by atoms with Gasteiger partial charge >= 0.3 is 0 Å². The third-order valence-corrected chi connectivity index (χ3v) is 23.4. The molecular formula is C113H77N4+. The first kappa shape index (κ1) is 69.6. The third kappa shape index (κ3) is 12.6. The van der Waals surface area contributed by atoms with Crippen LogP contribution in [0.25, 0.3) is 209 Å². The van der Waals surface area contributed by atoms with Crippen molar-refractivity contribution in [3.8, 4) is 101 Å². The summed E-state index contributed by atoms with van der Waals surface area (Å²) >= 11 is 0. The number of nitrogens with one attached hydrogen (secondary N) is 1. The molecule has 2 heterocycles. The van der Waals surface area contributed by atoms with Crippen LogP contribution in [0.4, 0.5) is 0 Å². The van der Waals surface area contributed by atoms with E-state index in [0.717, 1.165) is 45.1 Å². The van der Waals surface area contributed by atoms with E-state index < -0.39 is 0 Å². The van der Waals surface area contributed by atoms with Gasteiger partial charge in [0.05, 0.1) is 11.0 Å². The SMILES string of the molecule is Cc1[nH]c2ccc(-c3ccc(-c4c5ccccc5c(-c5ccccc5)c5ccccc45)cc3)cc2[n+]1-c1ccccc1.c1ccc(-c2c3ccccc3c(-c3ccc4ccccc4c3)c3ccccc23)cc1.c1ccc(-c2nc3ccccc3n2-c2ccc(-c3c4ccccc4c(-c4ccc5ccccc5c4)c4ccccc34)cc2)cc1. The van der Waals surface area contributed by atoms with Crippen LogP contribution in [0.3, 0.4) is 0 Å². The normalized spacial score (nSPS) is 11.5. The fourth-order valence-electron chi connectivity index (χ4n) is 18.2. The van der Waals surface area contributed by atoms with Crippen LogP contribution >= 0.6 is 0 Å². The standard InChI is InChI=1S/C43H28N2.C40H28N2.C30H20/c1-2-13-31(14-3-1)43-44-39-20-10-11-21-40(39)45(43)34-26-24-30(25-27-34)41-35-16-6-8-18-37(35)42(38-19-9-7-17-36(38)41)33-23-22-29-12-4-5-15-32(29)28-33;1-27-41-37-25-24-31(26-38(37)42(27)32-14-6-3-7-15-32)28-20-22-30(23-21-28)40-35-18-10-8-16-33(35)39(29-12-4-2-5-13-29)34-17-9-11-19-36(34)40;1-2-11-22(12-3-1)29-25-14-6-8-16-27(25)30(28-17-9-7-15-26(28)29)24-19-18-21-10-4-5-13-23(21)20-24/h1-28H;2-26H,1H3;1-20H/p+1. The number of imidazole rings is 2. The van der Waals surface area contributed by atoms with Crippen LogP contribution in [0, 0.1) is 6.92 Å². The van der Waals surface area contributed by atoms with Crippen LogP contribution in [0.5, 0.6) is 0 Å². The van der Waals surface area contributed by atoms with Crippen molar-refractivity contribution < 1.29 is 4.57 Å². The maximum atomic E-state index is 5.04. The number of aryl methyl sites for hydroxylation is 1. The molecule has 4 nitrogen and oxygen atoms in total. The van der Waals surface area contributed by atoms with E-state index in [1.807, 2.05) is 6.07 Å². The first-order chi connectivity index (χ1) is 58.0. The predicted molar refractivity (Wildman–Crippen MR) is 496 cm³/mol. The van der Waals surface area contributed by atoms with Gasteiger partial charge < -0.3 is 0 Å². The van der Waals surface area contributed by atoms with E-state index in [9.17, 15) is 0 Å². The Morgan fingerprint density at radius 3 is 0.940 bits per heavy atom. The monoisotopic (exact) mass is 1490 g/mol. The van der Waals surface area contributed by atoms with Gasteiger partial charge in [0.15, 0.2) is 11.0 Å². The fourth-order valence-corrected chi connectivity index (χ4v) is 18.2. The molecule has 548 valence electrons. The van der Waals surface area contributed by atoms with E-state index in [-0.39, 0.29) is 0 Å². The molecule has 4 heteroatoms. The lowest BCUT2D eigenvalue weighted by molar-refractivity contribution is -0.574. The highest BCUT2D eigenvalue weighted by Gasteiger charge is 2.24. The van der Waals surface area contributed by atoms with Crippen LogP contribution in [-0.2, 0) is 0 Å². The summed E-state index contributed by atoms with van der Waals surface area (Å²) < 4.78 is 4.56. The lowest BCUT2D eigenvalue weighted by Crippen LogP contribution is -2.32. The Bertz CT molecular complexity index is 7550. The quantitative estimate of drug-likeness (QED) is 0.108. The second-order valence-electron chi connectivity index (χ2n) is 30.2. The molecule has 23 aromatic rings. The number of aromatic amines is 1. The van der Waals surface area contributed by atoms with Gasteiger partial charge in [-0.2, -0.15) is 4.57 Å². The highest BCUT2D eigenvalue weighted by atomic mass is 15.1. The Balaban J connectivity index is 0.000000112. The number of hydrogen-bond acceptors (Lipinski definition) is 1. The number of aromatic nitrogens is 4. The molecule has 0 fully saturated rings. The molecule has 117 heavy (non-hydrogen) atoms. The highest BCUT2D eigenvalue weighted by molar-refractivity contribution is 6.24. The molecule has 21 aromatic carbocycles. The number of benzene rings is 21. The summed E-state index contributed by atoms with van der Waals surface area (Å²) in [7, 11) is 0. The summed E-state index contributed by atoms with van der Waals surface area (Å²) in [5.74, 6) is 2.06. The van der Waals surface area contributed by atoms with E-state index in [1.165, 1.54) is 170 Å². The zero-order valence-electron chi connectivity index (χ0n) is 64.5. The van der Waals surface area contributed by atoms with Gasteiger partial charge in [0.25, 0.3) is 5.82 Å². The maximum Gasteiger partial charge on any atom is 0.257 e. The lowest BCUT2D eigenvalue weighted by Gasteiger charge is -2.18. The van der Waals surface area contributed by atoms with Gasteiger partial charge in [-0.25, -0.2) is 9.97 Å². The first-order valence-electron chi connectivity index (χ1n) is 40.2. The number of rotatable bonds is 10. The largest absolute Gasteiger partial charge is 0.292 e. The second kappa shape index (κ2) is 30.0. The molecule has 0 aliphatic heterocycles. The number of hydrogen-bond donors (Lipinski definition) is 1. The van der Waals surface area contributed by atoms with E-state index in [0.29, 0.717) is 0 Å². The minimum atomic E-state index is 0.945. The van der Waals surface area contributed by atoms with E-state index >= 15 is 0 Å². The second-order valence-corrected chi connectivity index (χ2v) is 30.2. The van der Waals surface area contributed by atoms with Gasteiger partial charge in [0, 0.05) is 18.2 Å². The van der Waals surface area contributed by atoms with Crippen molar-refractivity contribution in [1.29, 1.82) is 0 Å². The summed E-state index contributed by atoms with van der Waals surface area (Å²) in [4.78, 5) is 8.59. The molecule has 0 atom stereocenters. The first-order valence-corrected chi connectivity index (χ1v) is 40.2. The molecule has 0 saturated heterocycles. The van der Waals surface area contributed by atoms with Crippen LogP contribution in [0.15, 0.2) is 443 Å². The smallest absolute Gasteiger partial charge is 0.257 e. The molecule has 0 aliphatic carbocycles. The Morgan fingerprint density at radius 1 is 0.231 bits per heavy atom. The summed E-state index contributed by atoms with van der Waals surface area (Å²) in [6, 6.07) is 159. The van der Waals surface area contributed by atoms with Crippen molar-refractivity contribution in [2.24, 2.45) is 0 Å². The molecule has 0 amide bonds. The Kier molecular flexibility index (Phi) is 17.8. The van der Waals surface area contributed by atoms with E-state index in [4.69, 9.17) is 4.98 Å². The van der Waals surface area contributed by atoms with Crippen LogP contribution in [0.2, 0.25) is 0 Å². The van der Waals surface area contributed by atoms with E-state index in [1.54, 1.807) is 0 Å². The molecule has 0 aliphatic rings. The number of fused-ring (bicyclic) bond motifs is 10. The summed E-state index contributed by atoms with van der Waals surface area (Å²) in [6.07, 6.45) is 0. The van der Waals surface area contributed by atoms with Gasteiger partial charge in [0.1, 0.15) is 11.5 Å². The number of H-pyrrole nitrogens is 1. The zero-order valence-corrected chi connectivity index (χ0v) is 64.5. The maximum absolute atomic E-state index is 5.04. The molecular weight excluding hydrogens is 1410 g/mol. The zero-order chi connectivity index (χ0) is 77.7. The number of nitrogens with zero attached hydrogens (tertiary/aromatic N) is 3. The Hall–Kier alpha value is -15.4. The molecule has 0 bridgehead atoms. The van der Waals surface area contributed by atoms with Gasteiger partial charge in [-0.1, -0.05) is 376 Å². The van der Waals surface area contributed by atoms with E-state index in [2.05, 4.69) is 458 Å². The summed E-state index contributed by atoms with van der Waals surface area (Å²) in [5.41, 5.74) is 25.3. The summed E-state index contributed by atoms with van der Waals surface area (Å²) in [5, 5.41) is 20.4. The molecule has 2 aromatic heterocycles. The predicted octanol–water partition coefficient (Wildman–Crippen LogP) is 30.0. The van der Waals surface area contributed by atoms with Crippen molar-refractivity contribution in [2.75, 3.05) is 0 Å². The topological polar surface area (TPSA) is 37.5 Å². The molecule has 0 spiro atoms. The summed E-state index contributed by atoms with van der Waals surface area (Å²) in [6.45, 7) is 2.12. The van der Waals surface area contributed by atoms with Gasteiger partial charge in [-0.15, -0.1) is 0 Å². The Morgan fingerprint density at radius 2 is 0.530 bits per heavy atom. The average Bonchev–Trinajstić information content (AvgIpc) is 1.40. The average molecular weight is 1490 g/mol. The van der Waals surface area contributed by atoms with Crippen molar-refractivity contribution >= 4 is 108 Å². The third-order valence-electron chi connectivity index (χ3n) is 23.4. The minimum absolute atomic E-state index is 0.945. The Labute approximate surface area is 679 Å². The molecule has 0 saturated carbocycles. The molecule has 0 unspecified atom stereocenters. The molecule has 1 N–H and O–H groups in total. The fraction of sp³-hybridized carbons (Fsp3) is 0.00885. The van der Waals surface area contributed by atoms with Crippen molar-refractivity contribution in [1.82, 2.24) is 14.5 Å². The number of para-hydroxylation sites is 3. The van der Waals surface area contributed by atoms with Gasteiger partial charge in [-0.05, 0) is 231 Å². The molecule has 0 radical (unpaired) electrons. The molecule has 23 rings (SSSR count). The van der Waals surface area contributed by atoms with Crippen LogP contribution < -0.4 is 4.57 Å². The van der Waals surface area contributed by atoms with Crippen LogP contribution in [0.1, 0.15) is 5.82 Å². The lowest BCUT2D eigenvalue weighted by atomic mass is 9.85.